The number of aromatic nitrogens is 1. The third kappa shape index (κ3) is 3.07. The Balaban J connectivity index is 1.67. The predicted molar refractivity (Wildman–Crippen MR) is 96.2 cm³/mol. The number of oxazole rings is 1. The zero-order chi connectivity index (χ0) is 17.2. The van der Waals surface area contributed by atoms with E-state index in [4.69, 9.17) is 4.42 Å². The summed E-state index contributed by atoms with van der Waals surface area (Å²) < 4.78 is 5.99. The lowest BCUT2D eigenvalue weighted by molar-refractivity contribution is 0.0742. The number of rotatable bonds is 3. The van der Waals surface area contributed by atoms with Gasteiger partial charge in [-0.3, -0.25) is 4.79 Å². The van der Waals surface area contributed by atoms with Crippen LogP contribution in [0.1, 0.15) is 41.1 Å². The van der Waals surface area contributed by atoms with Crippen molar-refractivity contribution in [2.75, 3.05) is 6.54 Å². The van der Waals surface area contributed by atoms with Crippen molar-refractivity contribution < 1.29 is 9.21 Å². The first kappa shape index (κ1) is 15.6. The minimum atomic E-state index is -0.0471. The highest BCUT2D eigenvalue weighted by Crippen LogP contribution is 2.32. The molecule has 0 saturated heterocycles. The van der Waals surface area contributed by atoms with Crippen LogP contribution in [0.5, 0.6) is 0 Å². The van der Waals surface area contributed by atoms with E-state index in [2.05, 4.69) is 11.9 Å². The van der Waals surface area contributed by atoms with E-state index >= 15 is 0 Å². The van der Waals surface area contributed by atoms with Crippen molar-refractivity contribution in [3.05, 3.63) is 77.7 Å². The average Bonchev–Trinajstić information content (AvgIpc) is 3.07. The molecule has 2 aromatic carbocycles. The van der Waals surface area contributed by atoms with Gasteiger partial charge in [0.2, 0.25) is 5.89 Å². The summed E-state index contributed by atoms with van der Waals surface area (Å²) in [5.74, 6) is 1.35. The van der Waals surface area contributed by atoms with Gasteiger partial charge in [-0.15, -0.1) is 0 Å². The van der Waals surface area contributed by atoms with Crippen LogP contribution >= 0.6 is 0 Å². The maximum atomic E-state index is 13.0. The number of amides is 1. The Morgan fingerprint density at radius 2 is 1.76 bits per heavy atom. The fourth-order valence-electron chi connectivity index (χ4n) is 3.21. The molecule has 25 heavy (non-hydrogen) atoms. The molecule has 0 bridgehead atoms. The summed E-state index contributed by atoms with van der Waals surface area (Å²) >= 11 is 0. The Morgan fingerprint density at radius 3 is 2.48 bits per heavy atom. The number of benzene rings is 2. The topological polar surface area (TPSA) is 46.3 Å². The van der Waals surface area contributed by atoms with Gasteiger partial charge >= 0.3 is 0 Å². The second kappa shape index (κ2) is 6.55. The number of nitrogens with zero attached hydrogens (tertiary/aromatic N) is 2. The van der Waals surface area contributed by atoms with Crippen LogP contribution in [0.4, 0.5) is 0 Å². The Morgan fingerprint density at radius 1 is 1.08 bits per heavy atom. The van der Waals surface area contributed by atoms with E-state index in [1.807, 2.05) is 65.6 Å². The minimum absolute atomic E-state index is 0.0471. The lowest BCUT2D eigenvalue weighted by Gasteiger charge is -2.20. The molecule has 1 unspecified atom stereocenters. The van der Waals surface area contributed by atoms with E-state index in [-0.39, 0.29) is 11.8 Å². The van der Waals surface area contributed by atoms with E-state index in [1.54, 1.807) is 0 Å². The lowest BCUT2D eigenvalue weighted by Crippen LogP contribution is -2.30. The fraction of sp³-hybridized carbons (Fsp3) is 0.238. The number of carbonyl (C=O) groups excluding carboxylic acids is 1. The second-order valence-corrected chi connectivity index (χ2v) is 6.50. The van der Waals surface area contributed by atoms with E-state index in [0.29, 0.717) is 30.4 Å². The Labute approximate surface area is 147 Å². The first-order valence-corrected chi connectivity index (χ1v) is 8.61. The van der Waals surface area contributed by atoms with Gasteiger partial charge in [0.1, 0.15) is 5.76 Å². The van der Waals surface area contributed by atoms with E-state index in [0.717, 1.165) is 17.5 Å². The lowest BCUT2D eigenvalue weighted by atomic mass is 10.1. The van der Waals surface area contributed by atoms with Gasteiger partial charge in [-0.25, -0.2) is 4.98 Å². The first-order valence-electron chi connectivity index (χ1n) is 8.61. The third-order valence-corrected chi connectivity index (χ3v) is 4.66. The normalized spacial score (nSPS) is 17.2. The van der Waals surface area contributed by atoms with Gasteiger partial charge in [0.15, 0.2) is 5.69 Å². The molecule has 4 rings (SSSR count). The highest BCUT2D eigenvalue weighted by Gasteiger charge is 2.31. The monoisotopic (exact) mass is 332 g/mol. The fourth-order valence-corrected chi connectivity index (χ4v) is 3.21. The predicted octanol–water partition coefficient (Wildman–Crippen LogP) is 4.49. The van der Waals surface area contributed by atoms with Crippen molar-refractivity contribution in [1.82, 2.24) is 9.88 Å². The van der Waals surface area contributed by atoms with E-state index in [1.165, 1.54) is 0 Å². The van der Waals surface area contributed by atoms with Crippen LogP contribution in [0, 0.1) is 0 Å². The molecule has 0 spiro atoms. The second-order valence-electron chi connectivity index (χ2n) is 6.50. The van der Waals surface area contributed by atoms with Crippen molar-refractivity contribution >= 4 is 5.91 Å². The van der Waals surface area contributed by atoms with Gasteiger partial charge in [0.25, 0.3) is 5.91 Å². The quantitative estimate of drug-likeness (QED) is 0.710. The van der Waals surface area contributed by atoms with Crippen molar-refractivity contribution in [1.29, 1.82) is 0 Å². The smallest absolute Gasteiger partial charge is 0.276 e. The van der Waals surface area contributed by atoms with Gasteiger partial charge in [-0.1, -0.05) is 55.5 Å². The molecular weight excluding hydrogens is 312 g/mol. The maximum absolute atomic E-state index is 13.0. The third-order valence-electron chi connectivity index (χ3n) is 4.66. The Bertz CT molecular complexity index is 871. The summed E-state index contributed by atoms with van der Waals surface area (Å²) in [6, 6.07) is 19.8. The van der Waals surface area contributed by atoms with Crippen molar-refractivity contribution in [2.24, 2.45) is 0 Å². The molecule has 2 heterocycles. The Kier molecular flexibility index (Phi) is 4.10. The van der Waals surface area contributed by atoms with Crippen molar-refractivity contribution in [3.8, 4) is 11.5 Å². The largest absolute Gasteiger partial charge is 0.440 e. The highest BCUT2D eigenvalue weighted by molar-refractivity contribution is 5.94. The van der Waals surface area contributed by atoms with Crippen molar-refractivity contribution in [2.45, 2.75) is 25.8 Å². The molecule has 1 amide bonds. The highest BCUT2D eigenvalue weighted by atomic mass is 16.4. The summed E-state index contributed by atoms with van der Waals surface area (Å²) in [6.45, 7) is 3.40. The van der Waals surface area contributed by atoms with Crippen LogP contribution in [0.3, 0.4) is 0 Å². The molecule has 126 valence electrons. The number of hydrogen-bond acceptors (Lipinski definition) is 3. The summed E-state index contributed by atoms with van der Waals surface area (Å²) in [6.07, 6.45) is 0.870. The molecule has 4 nitrogen and oxygen atoms in total. The maximum Gasteiger partial charge on any atom is 0.276 e. The average molecular weight is 332 g/mol. The van der Waals surface area contributed by atoms with Gasteiger partial charge < -0.3 is 9.32 Å². The molecule has 1 aromatic heterocycles. The molecule has 4 heteroatoms. The van der Waals surface area contributed by atoms with Gasteiger partial charge in [-0.05, 0) is 24.1 Å². The van der Waals surface area contributed by atoms with Gasteiger partial charge in [0, 0.05) is 24.6 Å². The summed E-state index contributed by atoms with van der Waals surface area (Å²) in [5, 5.41) is 0. The zero-order valence-corrected chi connectivity index (χ0v) is 14.2. The summed E-state index contributed by atoms with van der Waals surface area (Å²) in [4.78, 5) is 19.5. The molecule has 3 aromatic rings. The summed E-state index contributed by atoms with van der Waals surface area (Å²) in [7, 11) is 0. The van der Waals surface area contributed by atoms with Gasteiger partial charge in [0.05, 0.1) is 0 Å². The summed E-state index contributed by atoms with van der Waals surface area (Å²) in [5.41, 5.74) is 2.48. The molecular formula is C21H20N2O2. The van der Waals surface area contributed by atoms with Crippen LogP contribution in [0.15, 0.2) is 65.1 Å². The van der Waals surface area contributed by atoms with E-state index < -0.39 is 0 Å². The van der Waals surface area contributed by atoms with Crippen LogP contribution in [0.2, 0.25) is 0 Å². The molecule has 1 aliphatic heterocycles. The first-order chi connectivity index (χ1) is 12.2. The molecule has 0 aliphatic carbocycles. The molecule has 1 aliphatic rings. The number of carbonyl (C=O) groups is 1. The van der Waals surface area contributed by atoms with Crippen LogP contribution in [-0.4, -0.2) is 22.3 Å². The van der Waals surface area contributed by atoms with Crippen LogP contribution in [0.25, 0.3) is 11.5 Å². The zero-order valence-electron chi connectivity index (χ0n) is 14.2. The molecule has 0 radical (unpaired) electrons. The minimum Gasteiger partial charge on any atom is -0.440 e. The molecule has 0 N–H and O–H groups in total. The van der Waals surface area contributed by atoms with Crippen molar-refractivity contribution in [3.63, 3.8) is 0 Å². The molecule has 0 fully saturated rings. The standard InChI is InChI=1S/C21H20N2O2/c1-15-12-13-23(14-16-8-4-2-5-9-16)21(24)18-19(15)25-20(22-18)17-10-6-3-7-11-17/h2-11,15H,12-14H2,1H3. The van der Waals surface area contributed by atoms with Crippen LogP contribution in [-0.2, 0) is 6.54 Å². The number of fused-ring (bicyclic) bond motifs is 1. The molecule has 1 atom stereocenters. The Hall–Kier alpha value is -2.88. The SMILES string of the molecule is CC1CCN(Cc2ccccc2)C(=O)c2nc(-c3ccccc3)oc21. The van der Waals surface area contributed by atoms with Gasteiger partial charge in [-0.2, -0.15) is 0 Å². The molecule has 0 saturated carbocycles. The van der Waals surface area contributed by atoms with E-state index in [9.17, 15) is 4.79 Å². The van der Waals surface area contributed by atoms with Crippen LogP contribution < -0.4 is 0 Å². The number of hydrogen-bond donors (Lipinski definition) is 0.